The molecule has 0 bridgehead atoms. The summed E-state index contributed by atoms with van der Waals surface area (Å²) in [6.45, 7) is 3.39. The number of ether oxygens (including phenoxy) is 1. The smallest absolute Gasteiger partial charge is 0.260 e. The third-order valence-electron chi connectivity index (χ3n) is 6.06. The van der Waals surface area contributed by atoms with Crippen LogP contribution < -0.4 is 0 Å². The summed E-state index contributed by atoms with van der Waals surface area (Å²) >= 11 is 0. The number of nitrogens with zero attached hydrogens (tertiary/aromatic N) is 2. The number of likely N-dealkylation sites (tertiary alicyclic amines) is 2. The van der Waals surface area contributed by atoms with Gasteiger partial charge in [0.15, 0.2) is 5.67 Å². The number of alkyl halides is 1. The Bertz CT molecular complexity index is 504. The van der Waals surface area contributed by atoms with E-state index in [1.54, 1.807) is 4.90 Å². The molecule has 0 radical (unpaired) electrons. The summed E-state index contributed by atoms with van der Waals surface area (Å²) in [6.07, 6.45) is 5.15. The lowest BCUT2D eigenvalue weighted by atomic mass is 9.77. The Labute approximate surface area is 136 Å². The molecule has 1 aliphatic carbocycles. The summed E-state index contributed by atoms with van der Waals surface area (Å²) in [5.74, 6) is 0.328. The molecule has 4 rings (SSSR count). The second-order valence-corrected chi connectivity index (χ2v) is 7.82. The van der Waals surface area contributed by atoms with Crippen LogP contribution in [0.3, 0.4) is 0 Å². The third kappa shape index (κ3) is 2.65. The summed E-state index contributed by atoms with van der Waals surface area (Å²) in [7, 11) is 0. The van der Waals surface area contributed by atoms with Gasteiger partial charge >= 0.3 is 0 Å². The van der Waals surface area contributed by atoms with Crippen molar-refractivity contribution in [3.8, 4) is 0 Å². The molecule has 1 spiro atoms. The topological polar surface area (TPSA) is 49.9 Å². The van der Waals surface area contributed by atoms with Crippen molar-refractivity contribution in [1.82, 2.24) is 9.80 Å². The summed E-state index contributed by atoms with van der Waals surface area (Å²) < 4.78 is 20.2. The molecule has 1 saturated carbocycles. The van der Waals surface area contributed by atoms with E-state index in [-0.39, 0.29) is 17.4 Å². The standard InChI is InChI=1S/C17H25FN2O3/c18-17(5-2-6-17)15(22)20-11-16(12-20)7-4-13(10-23-16)9-19-8-1-3-14(19)21/h13H,1-12H2. The van der Waals surface area contributed by atoms with Gasteiger partial charge in [-0.05, 0) is 38.5 Å². The summed E-state index contributed by atoms with van der Waals surface area (Å²) in [4.78, 5) is 27.4. The van der Waals surface area contributed by atoms with E-state index in [9.17, 15) is 14.0 Å². The number of hydrogen-bond acceptors (Lipinski definition) is 3. The molecule has 0 aromatic heterocycles. The number of amides is 2. The van der Waals surface area contributed by atoms with Crippen molar-refractivity contribution in [2.45, 2.75) is 56.2 Å². The summed E-state index contributed by atoms with van der Waals surface area (Å²) in [6, 6.07) is 0. The van der Waals surface area contributed by atoms with Crippen LogP contribution in [0.25, 0.3) is 0 Å². The van der Waals surface area contributed by atoms with Crippen molar-refractivity contribution in [2.24, 2.45) is 5.92 Å². The second kappa shape index (κ2) is 5.43. The SMILES string of the molecule is O=C1CCCN1CC1CCC2(CN(C(=O)C3(F)CCC3)C2)OC1. The Kier molecular flexibility index (Phi) is 3.63. The lowest BCUT2D eigenvalue weighted by Gasteiger charge is -2.54. The second-order valence-electron chi connectivity index (χ2n) is 7.82. The van der Waals surface area contributed by atoms with Gasteiger partial charge in [0.1, 0.15) is 5.60 Å². The first-order valence-electron chi connectivity index (χ1n) is 8.90. The zero-order valence-electron chi connectivity index (χ0n) is 13.6. The fourth-order valence-corrected chi connectivity index (χ4v) is 4.30. The van der Waals surface area contributed by atoms with Crippen molar-refractivity contribution in [2.75, 3.05) is 32.8 Å². The van der Waals surface area contributed by atoms with Crippen molar-refractivity contribution < 1.29 is 18.7 Å². The molecule has 1 unspecified atom stereocenters. The van der Waals surface area contributed by atoms with Gasteiger partial charge in [-0.2, -0.15) is 0 Å². The van der Waals surface area contributed by atoms with E-state index in [2.05, 4.69) is 0 Å². The fraction of sp³-hybridized carbons (Fsp3) is 0.882. The molecule has 4 fully saturated rings. The summed E-state index contributed by atoms with van der Waals surface area (Å²) in [5, 5.41) is 0. The van der Waals surface area contributed by atoms with Crippen molar-refractivity contribution >= 4 is 11.8 Å². The quantitative estimate of drug-likeness (QED) is 0.791. The van der Waals surface area contributed by atoms with Gasteiger partial charge < -0.3 is 14.5 Å². The monoisotopic (exact) mass is 324 g/mol. The minimum atomic E-state index is -1.59. The minimum Gasteiger partial charge on any atom is -0.371 e. The van der Waals surface area contributed by atoms with Crippen LogP contribution in [0.4, 0.5) is 4.39 Å². The molecule has 3 heterocycles. The molecule has 6 heteroatoms. The van der Waals surface area contributed by atoms with Crippen LogP contribution in [0, 0.1) is 5.92 Å². The van der Waals surface area contributed by atoms with Gasteiger partial charge in [-0.3, -0.25) is 9.59 Å². The Morgan fingerprint density at radius 3 is 2.57 bits per heavy atom. The molecular formula is C17H25FN2O3. The lowest BCUT2D eigenvalue weighted by Crippen LogP contribution is -2.69. The molecule has 23 heavy (non-hydrogen) atoms. The first kappa shape index (κ1) is 15.4. The predicted octanol–water partition coefficient (Wildman–Crippen LogP) is 1.51. The Balaban J connectivity index is 1.24. The highest BCUT2D eigenvalue weighted by atomic mass is 19.1. The largest absolute Gasteiger partial charge is 0.371 e. The molecule has 1 atom stereocenters. The Morgan fingerprint density at radius 2 is 2.04 bits per heavy atom. The van der Waals surface area contributed by atoms with E-state index in [0.717, 1.165) is 38.8 Å². The van der Waals surface area contributed by atoms with Gasteiger partial charge in [-0.15, -0.1) is 0 Å². The van der Waals surface area contributed by atoms with Gasteiger partial charge in [-0.25, -0.2) is 4.39 Å². The molecule has 5 nitrogen and oxygen atoms in total. The van der Waals surface area contributed by atoms with E-state index >= 15 is 0 Å². The maximum absolute atomic E-state index is 14.2. The number of rotatable bonds is 3. The van der Waals surface area contributed by atoms with Crippen LogP contribution in [-0.2, 0) is 14.3 Å². The lowest BCUT2D eigenvalue weighted by molar-refractivity contribution is -0.199. The van der Waals surface area contributed by atoms with Crippen LogP contribution in [0.5, 0.6) is 0 Å². The van der Waals surface area contributed by atoms with Crippen LogP contribution >= 0.6 is 0 Å². The average molecular weight is 324 g/mol. The van der Waals surface area contributed by atoms with Gasteiger partial charge in [0.2, 0.25) is 5.91 Å². The molecular weight excluding hydrogens is 299 g/mol. The van der Waals surface area contributed by atoms with Crippen LogP contribution in [-0.4, -0.2) is 65.7 Å². The number of carbonyl (C=O) groups is 2. The normalized spacial score (nSPS) is 31.9. The molecule has 0 N–H and O–H groups in total. The fourth-order valence-electron chi connectivity index (χ4n) is 4.30. The van der Waals surface area contributed by atoms with Gasteiger partial charge in [0.25, 0.3) is 5.91 Å². The molecule has 4 aliphatic rings. The van der Waals surface area contributed by atoms with Gasteiger partial charge in [0.05, 0.1) is 19.7 Å². The molecule has 0 aromatic rings. The van der Waals surface area contributed by atoms with E-state index in [4.69, 9.17) is 4.74 Å². The van der Waals surface area contributed by atoms with E-state index < -0.39 is 5.67 Å². The first-order chi connectivity index (χ1) is 11.0. The number of hydrogen-bond donors (Lipinski definition) is 0. The predicted molar refractivity (Wildman–Crippen MR) is 81.5 cm³/mol. The average Bonchev–Trinajstić information content (AvgIpc) is 2.88. The van der Waals surface area contributed by atoms with Crippen LogP contribution in [0.15, 0.2) is 0 Å². The maximum Gasteiger partial charge on any atom is 0.260 e. The van der Waals surface area contributed by atoms with Crippen molar-refractivity contribution in [3.05, 3.63) is 0 Å². The zero-order chi connectivity index (χ0) is 16.1. The van der Waals surface area contributed by atoms with E-state index in [1.165, 1.54) is 0 Å². The van der Waals surface area contributed by atoms with Crippen LogP contribution in [0.2, 0.25) is 0 Å². The number of carbonyl (C=O) groups excluding carboxylic acids is 2. The van der Waals surface area contributed by atoms with Gasteiger partial charge in [-0.1, -0.05) is 0 Å². The Morgan fingerprint density at radius 1 is 1.26 bits per heavy atom. The van der Waals surface area contributed by atoms with Crippen molar-refractivity contribution in [3.63, 3.8) is 0 Å². The maximum atomic E-state index is 14.2. The molecule has 3 aliphatic heterocycles. The zero-order valence-corrected chi connectivity index (χ0v) is 13.6. The Hall–Kier alpha value is -1.17. The number of halogens is 1. The molecule has 0 aromatic carbocycles. The molecule has 3 saturated heterocycles. The molecule has 2 amide bonds. The van der Waals surface area contributed by atoms with Crippen molar-refractivity contribution in [1.29, 1.82) is 0 Å². The van der Waals surface area contributed by atoms with Gasteiger partial charge in [0, 0.05) is 25.4 Å². The highest BCUT2D eigenvalue weighted by Crippen LogP contribution is 2.42. The summed E-state index contributed by atoms with van der Waals surface area (Å²) in [5.41, 5.74) is -1.84. The highest BCUT2D eigenvalue weighted by Gasteiger charge is 2.55. The van der Waals surface area contributed by atoms with E-state index in [0.29, 0.717) is 44.9 Å². The van der Waals surface area contributed by atoms with E-state index in [1.807, 2.05) is 4.90 Å². The van der Waals surface area contributed by atoms with Crippen LogP contribution in [0.1, 0.15) is 44.9 Å². The minimum absolute atomic E-state index is 0.249. The highest BCUT2D eigenvalue weighted by molar-refractivity contribution is 5.87. The third-order valence-corrected chi connectivity index (χ3v) is 6.06. The first-order valence-corrected chi connectivity index (χ1v) is 8.90. The molecule has 128 valence electrons.